The molecule has 0 unspecified atom stereocenters. The van der Waals surface area contributed by atoms with Crippen LogP contribution in [0.25, 0.3) is 0 Å². The van der Waals surface area contributed by atoms with Crippen LogP contribution in [-0.2, 0) is 15.1 Å². The van der Waals surface area contributed by atoms with Crippen molar-refractivity contribution in [2.75, 3.05) is 13.2 Å². The van der Waals surface area contributed by atoms with Gasteiger partial charge in [-0.1, -0.05) is 105 Å². The van der Waals surface area contributed by atoms with E-state index in [4.69, 9.17) is 22.3 Å². The summed E-state index contributed by atoms with van der Waals surface area (Å²) in [7, 11) is -4.67. The van der Waals surface area contributed by atoms with Crippen LogP contribution < -0.4 is 0 Å². The monoisotopic (exact) mass is 424 g/mol. The van der Waals surface area contributed by atoms with Gasteiger partial charge in [-0.05, 0) is 24.7 Å². The lowest BCUT2D eigenvalue weighted by Crippen LogP contribution is -1.97. The van der Waals surface area contributed by atoms with Crippen molar-refractivity contribution < 1.29 is 22.3 Å². The van der Waals surface area contributed by atoms with Crippen LogP contribution in [0.5, 0.6) is 0 Å². The van der Waals surface area contributed by atoms with E-state index in [1.54, 1.807) is 0 Å². The molecule has 0 fully saturated rings. The number of rotatable bonds is 18. The normalized spacial score (nSPS) is 11.7. The Balaban J connectivity index is 0. The van der Waals surface area contributed by atoms with Crippen molar-refractivity contribution >= 4 is 10.4 Å². The molecule has 28 heavy (non-hydrogen) atoms. The number of hydrogen-bond acceptors (Lipinski definition) is 3. The molecule has 0 aromatic heterocycles. The maximum Gasteiger partial charge on any atom is 0.394 e. The van der Waals surface area contributed by atoms with Crippen molar-refractivity contribution in [1.82, 2.24) is 0 Å². The van der Waals surface area contributed by atoms with Crippen LogP contribution in [0.4, 0.5) is 0 Å². The molecule has 0 saturated heterocycles. The predicted molar refractivity (Wildman–Crippen MR) is 119 cm³/mol. The summed E-state index contributed by atoms with van der Waals surface area (Å²) in [5.41, 5.74) is 0. The molecule has 0 heterocycles. The zero-order chi connectivity index (χ0) is 21.7. The molecule has 0 aromatic rings. The molecule has 0 bridgehead atoms. The summed E-state index contributed by atoms with van der Waals surface area (Å²) in [5.74, 6) is 1.76. The van der Waals surface area contributed by atoms with Gasteiger partial charge in [0.25, 0.3) is 0 Å². The third-order valence-electron chi connectivity index (χ3n) is 4.64. The minimum absolute atomic E-state index is 0.878. The highest BCUT2D eigenvalue weighted by Gasteiger charge is 1.97. The Morgan fingerprint density at radius 3 is 1.11 bits per heavy atom. The first-order valence-corrected chi connectivity index (χ1v) is 12.8. The topological polar surface area (TPSA) is 83.8 Å². The van der Waals surface area contributed by atoms with Gasteiger partial charge in [-0.25, -0.2) is 0 Å². The van der Waals surface area contributed by atoms with Gasteiger partial charge in [-0.3, -0.25) is 9.11 Å². The standard InChI is InChI=1S/C22H46O.H2O4S/c1-21(2)17-13-9-5-7-11-15-19-23-20-16-12-8-6-10-14-18-22(3)4;1-5(2,3)4/h21-22H,5-20H2,1-4H3;(H2,1,2,3,4). The summed E-state index contributed by atoms with van der Waals surface area (Å²) in [6.07, 6.45) is 19.4. The van der Waals surface area contributed by atoms with E-state index in [1.165, 1.54) is 89.9 Å². The third-order valence-corrected chi connectivity index (χ3v) is 4.64. The van der Waals surface area contributed by atoms with Gasteiger partial charge >= 0.3 is 10.4 Å². The Bertz CT molecular complexity index is 364. The maximum atomic E-state index is 8.74. The van der Waals surface area contributed by atoms with Crippen LogP contribution in [0, 0.1) is 11.8 Å². The second-order valence-corrected chi connectivity index (χ2v) is 9.56. The first-order valence-electron chi connectivity index (χ1n) is 11.4. The first-order chi connectivity index (χ1) is 13.1. The summed E-state index contributed by atoms with van der Waals surface area (Å²) >= 11 is 0. The molecule has 0 aliphatic heterocycles. The van der Waals surface area contributed by atoms with E-state index in [1.807, 2.05) is 0 Å². The van der Waals surface area contributed by atoms with Gasteiger partial charge in [-0.2, -0.15) is 8.42 Å². The summed E-state index contributed by atoms with van der Waals surface area (Å²) < 4.78 is 37.3. The highest BCUT2D eigenvalue weighted by Crippen LogP contribution is 2.12. The molecule has 0 spiro atoms. The molecule has 0 atom stereocenters. The Hall–Kier alpha value is -0.170. The predicted octanol–water partition coefficient (Wildman–Crippen LogP) is 7.12. The summed E-state index contributed by atoms with van der Waals surface area (Å²) in [6, 6.07) is 0. The van der Waals surface area contributed by atoms with Crippen LogP contribution in [0.2, 0.25) is 0 Å². The fourth-order valence-electron chi connectivity index (χ4n) is 3.03. The van der Waals surface area contributed by atoms with E-state index in [2.05, 4.69) is 27.7 Å². The third kappa shape index (κ3) is 40.5. The molecule has 2 N–H and O–H groups in total. The van der Waals surface area contributed by atoms with Crippen LogP contribution in [-0.4, -0.2) is 30.7 Å². The molecule has 0 amide bonds. The van der Waals surface area contributed by atoms with Crippen molar-refractivity contribution in [3.8, 4) is 0 Å². The van der Waals surface area contributed by atoms with Gasteiger partial charge in [0.15, 0.2) is 0 Å². The highest BCUT2D eigenvalue weighted by atomic mass is 32.3. The molecule has 0 radical (unpaired) electrons. The largest absolute Gasteiger partial charge is 0.394 e. The van der Waals surface area contributed by atoms with Gasteiger partial charge in [0, 0.05) is 13.2 Å². The lowest BCUT2D eigenvalue weighted by molar-refractivity contribution is 0.125. The van der Waals surface area contributed by atoms with Crippen molar-refractivity contribution in [3.63, 3.8) is 0 Å². The van der Waals surface area contributed by atoms with Crippen LogP contribution in [0.15, 0.2) is 0 Å². The molecule has 6 heteroatoms. The Morgan fingerprint density at radius 2 is 0.821 bits per heavy atom. The Kier molecular flexibility index (Phi) is 23.1. The van der Waals surface area contributed by atoms with E-state index in [0.29, 0.717) is 0 Å². The molecule has 172 valence electrons. The van der Waals surface area contributed by atoms with Crippen molar-refractivity contribution in [1.29, 1.82) is 0 Å². The second kappa shape index (κ2) is 21.5. The van der Waals surface area contributed by atoms with Gasteiger partial charge in [0.05, 0.1) is 0 Å². The second-order valence-electron chi connectivity index (χ2n) is 8.67. The molecule has 0 aromatic carbocycles. The molecule has 0 aliphatic carbocycles. The fourth-order valence-corrected chi connectivity index (χ4v) is 3.03. The Labute approximate surface area is 175 Å². The van der Waals surface area contributed by atoms with Gasteiger partial charge < -0.3 is 4.74 Å². The summed E-state index contributed by atoms with van der Waals surface area (Å²) in [4.78, 5) is 0. The highest BCUT2D eigenvalue weighted by molar-refractivity contribution is 7.79. The quantitative estimate of drug-likeness (QED) is 0.181. The Morgan fingerprint density at radius 1 is 0.571 bits per heavy atom. The average Bonchev–Trinajstić information content (AvgIpc) is 2.55. The minimum Gasteiger partial charge on any atom is -0.381 e. The van der Waals surface area contributed by atoms with Crippen LogP contribution >= 0.6 is 0 Å². The van der Waals surface area contributed by atoms with Crippen molar-refractivity contribution in [2.24, 2.45) is 11.8 Å². The first kappa shape index (κ1) is 30.0. The maximum absolute atomic E-state index is 8.74. The molecule has 5 nitrogen and oxygen atoms in total. The number of unbranched alkanes of at least 4 members (excludes halogenated alkanes) is 10. The fraction of sp³-hybridized carbons (Fsp3) is 1.00. The molecular weight excluding hydrogens is 376 g/mol. The van der Waals surface area contributed by atoms with Gasteiger partial charge in [-0.15, -0.1) is 0 Å². The molecule has 0 saturated carbocycles. The molecule has 0 aliphatic rings. The van der Waals surface area contributed by atoms with Gasteiger partial charge in [0.2, 0.25) is 0 Å². The number of hydrogen-bond donors (Lipinski definition) is 2. The van der Waals surface area contributed by atoms with Crippen LogP contribution in [0.3, 0.4) is 0 Å². The lowest BCUT2D eigenvalue weighted by Gasteiger charge is -2.06. The van der Waals surface area contributed by atoms with Gasteiger partial charge in [0.1, 0.15) is 0 Å². The van der Waals surface area contributed by atoms with E-state index < -0.39 is 10.4 Å². The van der Waals surface area contributed by atoms with E-state index >= 15 is 0 Å². The van der Waals surface area contributed by atoms with E-state index in [0.717, 1.165) is 25.0 Å². The zero-order valence-corrected chi connectivity index (χ0v) is 19.8. The molecule has 0 rings (SSSR count). The van der Waals surface area contributed by atoms with E-state index in [-0.39, 0.29) is 0 Å². The zero-order valence-electron chi connectivity index (χ0n) is 19.0. The summed E-state index contributed by atoms with van der Waals surface area (Å²) in [5, 5.41) is 0. The SMILES string of the molecule is CC(C)CCCCCCCCOCCCCCCCCC(C)C.O=S(=O)(O)O. The van der Waals surface area contributed by atoms with E-state index in [9.17, 15) is 0 Å². The minimum atomic E-state index is -4.67. The summed E-state index contributed by atoms with van der Waals surface area (Å²) in [6.45, 7) is 11.3. The van der Waals surface area contributed by atoms with Crippen molar-refractivity contribution in [2.45, 2.75) is 118 Å². The number of ether oxygens (including phenoxy) is 1. The average molecular weight is 425 g/mol. The van der Waals surface area contributed by atoms with Crippen molar-refractivity contribution in [3.05, 3.63) is 0 Å². The molecular formula is C22H48O5S. The lowest BCUT2D eigenvalue weighted by atomic mass is 10.0. The smallest absolute Gasteiger partial charge is 0.381 e. The van der Waals surface area contributed by atoms with Crippen LogP contribution in [0.1, 0.15) is 118 Å².